The van der Waals surface area contributed by atoms with E-state index in [2.05, 4.69) is 20.0 Å². The minimum Gasteiger partial charge on any atom is -0.423 e. The van der Waals surface area contributed by atoms with Crippen LogP contribution in [0.3, 0.4) is 0 Å². The fourth-order valence-electron chi connectivity index (χ4n) is 4.01. The van der Waals surface area contributed by atoms with Gasteiger partial charge in [0.25, 0.3) is 0 Å². The SMILES string of the molecule is CCCCC(=O)c1ccc2c(c1)nc(Nc1nc3ccc(OC(F)(F)F)cc3o1)n2CC1(O)COC1. The molecule has 2 aromatic heterocycles. The Bertz CT molecular complexity index is 1420. The van der Waals surface area contributed by atoms with Crippen molar-refractivity contribution in [3.8, 4) is 5.75 Å². The molecular formula is C24H23F3N4O5. The molecule has 4 aromatic rings. The highest BCUT2D eigenvalue weighted by atomic mass is 19.4. The Labute approximate surface area is 202 Å². The smallest absolute Gasteiger partial charge is 0.423 e. The first kappa shape index (κ1) is 24.1. The van der Waals surface area contributed by atoms with Crippen molar-refractivity contribution in [3.63, 3.8) is 0 Å². The number of rotatable bonds is 9. The molecule has 0 unspecified atom stereocenters. The molecule has 0 atom stereocenters. The quantitative estimate of drug-likeness (QED) is 0.308. The highest BCUT2D eigenvalue weighted by Crippen LogP contribution is 2.31. The van der Waals surface area contributed by atoms with Crippen molar-refractivity contribution < 1.29 is 37.0 Å². The molecule has 0 bridgehead atoms. The maximum atomic E-state index is 12.5. The average Bonchev–Trinajstić information content (AvgIpc) is 3.35. The second kappa shape index (κ2) is 9.10. The van der Waals surface area contributed by atoms with Gasteiger partial charge in [0, 0.05) is 18.1 Å². The summed E-state index contributed by atoms with van der Waals surface area (Å²) >= 11 is 0. The molecule has 5 rings (SSSR count). The van der Waals surface area contributed by atoms with E-state index in [1.54, 1.807) is 22.8 Å². The molecule has 2 N–H and O–H groups in total. The van der Waals surface area contributed by atoms with Gasteiger partial charge in [-0.1, -0.05) is 13.3 Å². The Morgan fingerprint density at radius 2 is 2.00 bits per heavy atom. The average molecular weight is 504 g/mol. The van der Waals surface area contributed by atoms with Crippen LogP contribution in [0.2, 0.25) is 0 Å². The van der Waals surface area contributed by atoms with Crippen molar-refractivity contribution in [1.82, 2.24) is 14.5 Å². The summed E-state index contributed by atoms with van der Waals surface area (Å²) in [6, 6.07) is 8.75. The molecular weight excluding hydrogens is 481 g/mol. The minimum atomic E-state index is -4.83. The monoisotopic (exact) mass is 504 g/mol. The van der Waals surface area contributed by atoms with Crippen molar-refractivity contribution >= 4 is 39.9 Å². The van der Waals surface area contributed by atoms with Gasteiger partial charge in [0.05, 0.1) is 30.8 Å². The molecule has 1 fully saturated rings. The van der Waals surface area contributed by atoms with Gasteiger partial charge in [-0.2, -0.15) is 4.98 Å². The minimum absolute atomic E-state index is 0.0122. The molecule has 1 aliphatic rings. The number of alkyl halides is 3. The Hall–Kier alpha value is -3.64. The number of aliphatic hydroxyl groups is 1. The summed E-state index contributed by atoms with van der Waals surface area (Å²) in [5, 5.41) is 13.7. The number of benzene rings is 2. The maximum Gasteiger partial charge on any atom is 0.573 e. The number of carbonyl (C=O) groups excluding carboxylic acids is 1. The number of halogens is 3. The molecule has 12 heteroatoms. The molecule has 9 nitrogen and oxygen atoms in total. The first-order chi connectivity index (χ1) is 17.1. The molecule has 0 saturated carbocycles. The molecule has 0 spiro atoms. The number of hydrogen-bond donors (Lipinski definition) is 2. The van der Waals surface area contributed by atoms with Gasteiger partial charge < -0.3 is 23.6 Å². The zero-order valence-corrected chi connectivity index (χ0v) is 19.3. The number of nitrogens with one attached hydrogen (secondary N) is 1. The van der Waals surface area contributed by atoms with Gasteiger partial charge in [0.2, 0.25) is 5.95 Å². The fourth-order valence-corrected chi connectivity index (χ4v) is 4.01. The van der Waals surface area contributed by atoms with Gasteiger partial charge >= 0.3 is 12.4 Å². The van der Waals surface area contributed by atoms with Crippen LogP contribution < -0.4 is 10.1 Å². The number of hydrogen-bond acceptors (Lipinski definition) is 8. The van der Waals surface area contributed by atoms with Crippen molar-refractivity contribution in [3.05, 3.63) is 42.0 Å². The fraction of sp³-hybridized carbons (Fsp3) is 0.375. The van der Waals surface area contributed by atoms with Gasteiger partial charge in [-0.3, -0.25) is 10.1 Å². The van der Waals surface area contributed by atoms with Crippen LogP contribution in [0.5, 0.6) is 5.75 Å². The Morgan fingerprint density at radius 3 is 2.69 bits per heavy atom. The lowest BCUT2D eigenvalue weighted by Crippen LogP contribution is -2.52. The van der Waals surface area contributed by atoms with Gasteiger partial charge in [-0.25, -0.2) is 4.98 Å². The van der Waals surface area contributed by atoms with E-state index in [-0.39, 0.29) is 43.1 Å². The number of anilines is 2. The Balaban J connectivity index is 1.48. The summed E-state index contributed by atoms with van der Waals surface area (Å²) in [6.07, 6.45) is -2.69. The van der Waals surface area contributed by atoms with E-state index in [9.17, 15) is 23.1 Å². The van der Waals surface area contributed by atoms with Crippen molar-refractivity contribution in [1.29, 1.82) is 0 Å². The summed E-state index contributed by atoms with van der Waals surface area (Å²) in [5.74, 6) is -0.135. The topological polar surface area (TPSA) is 112 Å². The van der Waals surface area contributed by atoms with Gasteiger partial charge in [-0.15, -0.1) is 13.2 Å². The lowest BCUT2D eigenvalue weighted by atomic mass is 10.0. The van der Waals surface area contributed by atoms with Crippen LogP contribution in [0.25, 0.3) is 22.1 Å². The third-order valence-corrected chi connectivity index (χ3v) is 5.83. The second-order valence-electron chi connectivity index (χ2n) is 8.79. The van der Waals surface area contributed by atoms with Crippen LogP contribution in [0.4, 0.5) is 25.1 Å². The largest absolute Gasteiger partial charge is 0.573 e. The highest BCUT2D eigenvalue weighted by Gasteiger charge is 2.38. The number of unbranched alkanes of at least 4 members (excludes halogenated alkanes) is 1. The molecule has 0 radical (unpaired) electrons. The summed E-state index contributed by atoms with van der Waals surface area (Å²) in [5.41, 5.74) is 1.03. The number of ether oxygens (including phenoxy) is 2. The van der Waals surface area contributed by atoms with E-state index in [4.69, 9.17) is 9.15 Å². The van der Waals surface area contributed by atoms with E-state index in [1.807, 2.05) is 6.92 Å². The first-order valence-corrected chi connectivity index (χ1v) is 11.4. The number of oxazole rings is 1. The molecule has 1 saturated heterocycles. The normalized spacial score (nSPS) is 15.2. The molecule has 3 heterocycles. The third kappa shape index (κ3) is 5.00. The van der Waals surface area contributed by atoms with Crippen LogP contribution in [0.1, 0.15) is 36.5 Å². The number of imidazole rings is 1. The predicted octanol–water partition coefficient (Wildman–Crippen LogP) is 4.95. The second-order valence-corrected chi connectivity index (χ2v) is 8.79. The van der Waals surface area contributed by atoms with Crippen LogP contribution in [-0.4, -0.2) is 50.6 Å². The zero-order valence-electron chi connectivity index (χ0n) is 19.3. The molecule has 0 amide bonds. The summed E-state index contributed by atoms with van der Waals surface area (Å²) in [4.78, 5) is 21.4. The standard InChI is InChI=1S/C24H23F3N4O5/c1-2-3-4-19(32)14-5-8-18-17(9-14)28-21(31(18)11-23(33)12-34-13-23)30-22-29-16-7-6-15(10-20(16)35-22)36-24(25,26)27/h5-10,33H,2-4,11-13H2,1H3,(H,28,29,30). The van der Waals surface area contributed by atoms with Crippen LogP contribution in [0, 0.1) is 0 Å². The Morgan fingerprint density at radius 1 is 1.19 bits per heavy atom. The van der Waals surface area contributed by atoms with Crippen LogP contribution in [-0.2, 0) is 11.3 Å². The van der Waals surface area contributed by atoms with E-state index in [0.717, 1.165) is 25.0 Å². The van der Waals surface area contributed by atoms with Crippen molar-refractivity contribution in [2.45, 2.75) is 44.7 Å². The number of ketones is 1. The summed E-state index contributed by atoms with van der Waals surface area (Å²) in [7, 11) is 0. The number of aromatic nitrogens is 3. The van der Waals surface area contributed by atoms with E-state index >= 15 is 0 Å². The van der Waals surface area contributed by atoms with E-state index < -0.39 is 17.7 Å². The Kier molecular flexibility index (Phi) is 6.08. The van der Waals surface area contributed by atoms with Gasteiger partial charge in [0.15, 0.2) is 11.4 Å². The maximum absolute atomic E-state index is 12.5. The van der Waals surface area contributed by atoms with Crippen molar-refractivity contribution in [2.24, 2.45) is 0 Å². The zero-order chi connectivity index (χ0) is 25.5. The number of fused-ring (bicyclic) bond motifs is 2. The molecule has 36 heavy (non-hydrogen) atoms. The molecule has 1 aliphatic heterocycles. The van der Waals surface area contributed by atoms with Gasteiger partial charge in [0.1, 0.15) is 16.9 Å². The predicted molar refractivity (Wildman–Crippen MR) is 123 cm³/mol. The molecule has 190 valence electrons. The lowest BCUT2D eigenvalue weighted by Gasteiger charge is -2.36. The van der Waals surface area contributed by atoms with Gasteiger partial charge in [-0.05, 0) is 36.8 Å². The highest BCUT2D eigenvalue weighted by molar-refractivity contribution is 5.99. The van der Waals surface area contributed by atoms with E-state index in [1.165, 1.54) is 6.07 Å². The lowest BCUT2D eigenvalue weighted by molar-refractivity contribution is -0.274. The third-order valence-electron chi connectivity index (χ3n) is 5.83. The van der Waals surface area contributed by atoms with Crippen LogP contribution >= 0.6 is 0 Å². The molecule has 2 aromatic carbocycles. The number of Topliss-reactive ketones (excluding diaryl/α,β-unsaturated/α-hetero) is 1. The van der Waals surface area contributed by atoms with E-state index in [0.29, 0.717) is 28.5 Å². The summed E-state index contributed by atoms with van der Waals surface area (Å²) in [6.45, 7) is 2.48. The molecule has 0 aliphatic carbocycles. The first-order valence-electron chi connectivity index (χ1n) is 11.4. The number of carbonyl (C=O) groups is 1. The van der Waals surface area contributed by atoms with Crippen molar-refractivity contribution in [2.75, 3.05) is 18.5 Å². The summed E-state index contributed by atoms with van der Waals surface area (Å²) < 4.78 is 54.0. The van der Waals surface area contributed by atoms with Crippen LogP contribution in [0.15, 0.2) is 40.8 Å². The number of nitrogens with zero attached hydrogens (tertiary/aromatic N) is 3.